The molecule has 5 heteroatoms. The number of aryl methyl sites for hydroxylation is 2. The molecule has 0 saturated carbocycles. The molecule has 24 heavy (non-hydrogen) atoms. The molecule has 0 N–H and O–H groups in total. The maximum atomic E-state index is 11.8. The zero-order chi connectivity index (χ0) is 17.3. The van der Waals surface area contributed by atoms with Crippen LogP contribution < -0.4 is 9.47 Å². The van der Waals surface area contributed by atoms with Crippen LogP contribution in [0.5, 0.6) is 11.5 Å². The van der Waals surface area contributed by atoms with E-state index in [1.807, 2.05) is 13.0 Å². The van der Waals surface area contributed by atoms with Crippen LogP contribution in [0.4, 0.5) is 0 Å². The lowest BCUT2D eigenvalue weighted by Gasteiger charge is -2.22. The normalized spacial score (nSPS) is 12.3. The number of benzene rings is 1. The number of carbonyl (C=O) groups is 1. The zero-order valence-electron chi connectivity index (χ0n) is 14.6. The van der Waals surface area contributed by atoms with Gasteiger partial charge in [-0.15, -0.1) is 0 Å². The molecule has 0 fully saturated rings. The summed E-state index contributed by atoms with van der Waals surface area (Å²) >= 11 is 0. The van der Waals surface area contributed by atoms with Crippen molar-refractivity contribution in [1.82, 2.24) is 4.57 Å². The average molecular weight is 329 g/mol. The van der Waals surface area contributed by atoms with Crippen molar-refractivity contribution in [1.29, 1.82) is 0 Å². The van der Waals surface area contributed by atoms with Gasteiger partial charge >= 0.3 is 5.97 Å². The third-order valence-electron chi connectivity index (χ3n) is 4.56. The molecule has 0 bridgehead atoms. The second kappa shape index (κ2) is 6.59. The quantitative estimate of drug-likeness (QED) is 0.791. The maximum absolute atomic E-state index is 11.8. The summed E-state index contributed by atoms with van der Waals surface area (Å²) in [5.41, 5.74) is 5.68. The van der Waals surface area contributed by atoms with E-state index >= 15 is 0 Å². The Labute approximate surface area is 142 Å². The number of aromatic nitrogens is 1. The Kier molecular flexibility index (Phi) is 4.51. The number of esters is 1. The van der Waals surface area contributed by atoms with E-state index in [-0.39, 0.29) is 5.97 Å². The van der Waals surface area contributed by atoms with Crippen LogP contribution in [-0.4, -0.2) is 31.4 Å². The minimum atomic E-state index is -0.184. The highest BCUT2D eigenvalue weighted by molar-refractivity contribution is 5.78. The molecule has 1 aliphatic heterocycles. The van der Waals surface area contributed by atoms with Crippen molar-refractivity contribution < 1.29 is 19.0 Å². The lowest BCUT2D eigenvalue weighted by Crippen LogP contribution is -2.10. The van der Waals surface area contributed by atoms with E-state index in [1.54, 1.807) is 14.2 Å². The van der Waals surface area contributed by atoms with E-state index in [1.165, 1.54) is 5.56 Å². The smallest absolute Gasteiger partial charge is 0.310 e. The fraction of sp³-hybridized carbons (Fsp3) is 0.421. The largest absolute Gasteiger partial charge is 0.493 e. The average Bonchev–Trinajstić information content (AvgIpc) is 2.90. The predicted molar refractivity (Wildman–Crippen MR) is 91.8 cm³/mol. The highest BCUT2D eigenvalue weighted by Crippen LogP contribution is 2.41. The summed E-state index contributed by atoms with van der Waals surface area (Å²) in [4.78, 5) is 11.8. The molecule has 128 valence electrons. The fourth-order valence-corrected chi connectivity index (χ4v) is 3.39. The van der Waals surface area contributed by atoms with Crippen molar-refractivity contribution in [3.63, 3.8) is 0 Å². The van der Waals surface area contributed by atoms with Crippen LogP contribution in [-0.2, 0) is 28.9 Å². The maximum Gasteiger partial charge on any atom is 0.310 e. The number of fused-ring (bicyclic) bond motifs is 3. The molecule has 0 spiro atoms. The Morgan fingerprint density at radius 1 is 1.21 bits per heavy atom. The lowest BCUT2D eigenvalue weighted by molar-refractivity contribution is -0.142. The van der Waals surface area contributed by atoms with Gasteiger partial charge < -0.3 is 18.8 Å². The molecule has 2 heterocycles. The van der Waals surface area contributed by atoms with Crippen LogP contribution in [0.2, 0.25) is 0 Å². The molecule has 0 radical (unpaired) electrons. The minimum absolute atomic E-state index is 0.184. The molecule has 3 rings (SSSR count). The Morgan fingerprint density at radius 3 is 2.58 bits per heavy atom. The summed E-state index contributed by atoms with van der Waals surface area (Å²) in [6.45, 7) is 5.18. The van der Waals surface area contributed by atoms with Crippen molar-refractivity contribution >= 4 is 5.97 Å². The Bertz CT molecular complexity index is 776. The molecular weight excluding hydrogens is 306 g/mol. The van der Waals surface area contributed by atoms with Crippen molar-refractivity contribution in [2.45, 2.75) is 33.2 Å². The molecule has 0 saturated heterocycles. The Balaban J connectivity index is 2.05. The SMILES string of the molecule is CCOC(=O)Cc1cn2c(c1C)-c1cc(OC)c(OC)cc1CC2. The van der Waals surface area contributed by atoms with Crippen LogP contribution >= 0.6 is 0 Å². The molecule has 1 aromatic carbocycles. The molecule has 5 nitrogen and oxygen atoms in total. The highest BCUT2D eigenvalue weighted by Gasteiger charge is 2.24. The van der Waals surface area contributed by atoms with Gasteiger partial charge in [-0.3, -0.25) is 4.79 Å². The molecule has 0 atom stereocenters. The van der Waals surface area contributed by atoms with Gasteiger partial charge in [0.2, 0.25) is 0 Å². The summed E-state index contributed by atoms with van der Waals surface area (Å²) in [7, 11) is 3.30. The van der Waals surface area contributed by atoms with Crippen LogP contribution in [0, 0.1) is 6.92 Å². The Morgan fingerprint density at radius 2 is 1.92 bits per heavy atom. The van der Waals surface area contributed by atoms with Gasteiger partial charge in [0.25, 0.3) is 0 Å². The summed E-state index contributed by atoms with van der Waals surface area (Å²) in [5.74, 6) is 1.29. The number of methoxy groups -OCH3 is 2. The zero-order valence-corrected chi connectivity index (χ0v) is 14.6. The summed E-state index contributed by atoms with van der Waals surface area (Å²) < 4.78 is 18.2. The number of rotatable bonds is 5. The number of nitrogens with zero attached hydrogens (tertiary/aromatic N) is 1. The monoisotopic (exact) mass is 329 g/mol. The van der Waals surface area contributed by atoms with Crippen molar-refractivity contribution in [2.24, 2.45) is 0 Å². The summed E-state index contributed by atoms with van der Waals surface area (Å²) in [6.07, 6.45) is 3.30. The topological polar surface area (TPSA) is 49.7 Å². The van der Waals surface area contributed by atoms with E-state index in [0.717, 1.165) is 46.8 Å². The molecule has 0 amide bonds. The first kappa shape index (κ1) is 16.4. The van der Waals surface area contributed by atoms with Crippen molar-refractivity contribution in [3.8, 4) is 22.8 Å². The van der Waals surface area contributed by atoms with Crippen molar-refractivity contribution in [2.75, 3.05) is 20.8 Å². The van der Waals surface area contributed by atoms with E-state index in [0.29, 0.717) is 13.0 Å². The molecule has 1 aromatic heterocycles. The predicted octanol–water partition coefficient (Wildman–Crippen LogP) is 3.14. The second-order valence-corrected chi connectivity index (χ2v) is 5.92. The second-order valence-electron chi connectivity index (χ2n) is 5.92. The van der Waals surface area contributed by atoms with Gasteiger partial charge in [0, 0.05) is 18.3 Å². The highest BCUT2D eigenvalue weighted by atomic mass is 16.5. The van der Waals surface area contributed by atoms with E-state index in [4.69, 9.17) is 14.2 Å². The van der Waals surface area contributed by atoms with Crippen LogP contribution in [0.15, 0.2) is 18.3 Å². The first-order chi connectivity index (χ1) is 11.6. The van der Waals surface area contributed by atoms with E-state index < -0.39 is 0 Å². The fourth-order valence-electron chi connectivity index (χ4n) is 3.39. The number of carbonyl (C=O) groups excluding carboxylic acids is 1. The first-order valence-electron chi connectivity index (χ1n) is 8.18. The number of hydrogen-bond acceptors (Lipinski definition) is 4. The molecule has 1 aliphatic rings. The Hall–Kier alpha value is -2.43. The van der Waals surface area contributed by atoms with Gasteiger partial charge in [-0.2, -0.15) is 0 Å². The van der Waals surface area contributed by atoms with Crippen LogP contribution in [0.1, 0.15) is 23.6 Å². The van der Waals surface area contributed by atoms with Gasteiger partial charge in [0.05, 0.1) is 32.9 Å². The van der Waals surface area contributed by atoms with E-state index in [9.17, 15) is 4.79 Å². The summed E-state index contributed by atoms with van der Waals surface area (Å²) in [6, 6.07) is 4.08. The number of ether oxygens (including phenoxy) is 3. The molecule has 0 unspecified atom stereocenters. The standard InChI is InChI=1S/C19H23NO4/c1-5-24-18(21)9-14-11-20-7-6-13-8-16(22-3)17(23-4)10-15(13)19(20)12(14)2/h8,10-11H,5-7,9H2,1-4H3. The van der Waals surface area contributed by atoms with Gasteiger partial charge in [-0.1, -0.05) is 0 Å². The van der Waals surface area contributed by atoms with Crippen LogP contribution in [0.25, 0.3) is 11.3 Å². The van der Waals surface area contributed by atoms with Crippen molar-refractivity contribution in [3.05, 3.63) is 35.0 Å². The van der Waals surface area contributed by atoms with Gasteiger partial charge in [-0.05, 0) is 49.1 Å². The molecule has 2 aromatic rings. The first-order valence-corrected chi connectivity index (χ1v) is 8.18. The summed E-state index contributed by atoms with van der Waals surface area (Å²) in [5, 5.41) is 0. The lowest BCUT2D eigenvalue weighted by atomic mass is 9.95. The molecular formula is C19H23NO4. The molecule has 0 aliphatic carbocycles. The van der Waals surface area contributed by atoms with E-state index in [2.05, 4.69) is 23.8 Å². The van der Waals surface area contributed by atoms with Crippen LogP contribution in [0.3, 0.4) is 0 Å². The minimum Gasteiger partial charge on any atom is -0.493 e. The van der Waals surface area contributed by atoms with Gasteiger partial charge in [-0.25, -0.2) is 0 Å². The number of hydrogen-bond donors (Lipinski definition) is 0. The third-order valence-corrected chi connectivity index (χ3v) is 4.56. The van der Waals surface area contributed by atoms with Gasteiger partial charge in [0.15, 0.2) is 11.5 Å². The van der Waals surface area contributed by atoms with Gasteiger partial charge in [0.1, 0.15) is 0 Å². The third kappa shape index (κ3) is 2.75.